The summed E-state index contributed by atoms with van der Waals surface area (Å²) in [5.74, 6) is 0.239. The van der Waals surface area contributed by atoms with Gasteiger partial charge < -0.3 is 9.84 Å². The normalized spacial score (nSPS) is 21.5. The van der Waals surface area contributed by atoms with Gasteiger partial charge >= 0.3 is 12.1 Å². The zero-order valence-electron chi connectivity index (χ0n) is 12.0. The average molecular weight is 291 g/mol. The van der Waals surface area contributed by atoms with E-state index in [9.17, 15) is 9.59 Å². The molecule has 1 saturated carbocycles. The Morgan fingerprint density at radius 2 is 1.81 bits per heavy atom. The number of carboxylic acid groups (broad SMARTS) is 1. The minimum Gasteiger partial charge on any atom is -0.465 e. The number of carbonyl (C=O) groups is 2. The van der Waals surface area contributed by atoms with Crippen LogP contribution in [0.3, 0.4) is 0 Å². The first-order valence-electron chi connectivity index (χ1n) is 7.32. The highest BCUT2D eigenvalue weighted by Crippen LogP contribution is 2.31. The molecule has 0 aliphatic heterocycles. The lowest BCUT2D eigenvalue weighted by Gasteiger charge is -2.27. The van der Waals surface area contributed by atoms with Gasteiger partial charge in [0.25, 0.3) is 0 Å². The zero-order chi connectivity index (χ0) is 15.1. The molecule has 2 rings (SSSR count). The topological polar surface area (TPSA) is 75.6 Å². The van der Waals surface area contributed by atoms with Gasteiger partial charge in [-0.15, -0.1) is 0 Å². The van der Waals surface area contributed by atoms with Crippen molar-refractivity contribution in [3.05, 3.63) is 35.9 Å². The SMILES string of the molecule is O=C(O)NCOC(=O)C1CCC(Cc2ccccc2)CC1. The quantitative estimate of drug-likeness (QED) is 0.646. The molecule has 1 fully saturated rings. The van der Waals surface area contributed by atoms with Crippen LogP contribution < -0.4 is 5.32 Å². The Labute approximate surface area is 124 Å². The molecule has 0 aromatic heterocycles. The first-order valence-corrected chi connectivity index (χ1v) is 7.32. The molecule has 1 aliphatic rings. The number of benzene rings is 1. The zero-order valence-corrected chi connectivity index (χ0v) is 12.0. The molecule has 0 spiro atoms. The Hall–Kier alpha value is -2.04. The third-order valence-corrected chi connectivity index (χ3v) is 3.99. The summed E-state index contributed by atoms with van der Waals surface area (Å²) in [6.45, 7) is -0.266. The van der Waals surface area contributed by atoms with Crippen LogP contribution >= 0.6 is 0 Å². The van der Waals surface area contributed by atoms with Crippen LogP contribution in [-0.2, 0) is 16.0 Å². The Kier molecular flexibility index (Phi) is 5.60. The van der Waals surface area contributed by atoms with E-state index in [0.29, 0.717) is 5.92 Å². The van der Waals surface area contributed by atoms with Gasteiger partial charge in [0.05, 0.1) is 5.92 Å². The predicted octanol–water partition coefficient (Wildman–Crippen LogP) is 2.80. The largest absolute Gasteiger partial charge is 0.465 e. The Balaban J connectivity index is 1.70. The molecule has 0 bridgehead atoms. The summed E-state index contributed by atoms with van der Waals surface area (Å²) in [6, 6.07) is 10.4. The van der Waals surface area contributed by atoms with Crippen molar-refractivity contribution in [1.29, 1.82) is 0 Å². The summed E-state index contributed by atoms with van der Waals surface area (Å²) < 4.78 is 4.91. The number of esters is 1. The van der Waals surface area contributed by atoms with Crippen molar-refractivity contribution >= 4 is 12.1 Å². The maximum Gasteiger partial charge on any atom is 0.407 e. The third-order valence-electron chi connectivity index (χ3n) is 3.99. The highest BCUT2D eigenvalue weighted by molar-refractivity contribution is 5.73. The Morgan fingerprint density at radius 1 is 1.14 bits per heavy atom. The number of ether oxygens (including phenoxy) is 1. The van der Waals surface area contributed by atoms with Gasteiger partial charge in [-0.3, -0.25) is 10.1 Å². The van der Waals surface area contributed by atoms with Crippen LogP contribution in [0, 0.1) is 11.8 Å². The molecule has 114 valence electrons. The number of nitrogens with one attached hydrogen (secondary N) is 1. The van der Waals surface area contributed by atoms with Crippen molar-refractivity contribution in [2.24, 2.45) is 11.8 Å². The summed E-state index contributed by atoms with van der Waals surface area (Å²) in [6.07, 6.45) is 3.55. The molecule has 0 atom stereocenters. The molecular weight excluding hydrogens is 270 g/mol. The summed E-state index contributed by atoms with van der Waals surface area (Å²) in [7, 11) is 0. The number of hydrogen-bond acceptors (Lipinski definition) is 3. The highest BCUT2D eigenvalue weighted by Gasteiger charge is 2.27. The van der Waals surface area contributed by atoms with Crippen molar-refractivity contribution in [3.63, 3.8) is 0 Å². The minimum absolute atomic E-state index is 0.0902. The fourth-order valence-electron chi connectivity index (χ4n) is 2.84. The van der Waals surface area contributed by atoms with Crippen molar-refractivity contribution < 1.29 is 19.4 Å². The Morgan fingerprint density at radius 3 is 2.43 bits per heavy atom. The molecule has 1 aromatic carbocycles. The summed E-state index contributed by atoms with van der Waals surface area (Å²) in [5, 5.41) is 10.4. The van der Waals surface area contributed by atoms with Crippen molar-refractivity contribution in [3.8, 4) is 0 Å². The van der Waals surface area contributed by atoms with E-state index in [2.05, 4.69) is 12.1 Å². The predicted molar refractivity (Wildman–Crippen MR) is 77.7 cm³/mol. The standard InChI is InChI=1S/C16H21NO4/c18-15(21-11-17-16(19)20)14-8-6-13(7-9-14)10-12-4-2-1-3-5-12/h1-5,13-14,17H,6-11H2,(H,19,20). The van der Waals surface area contributed by atoms with E-state index in [0.717, 1.165) is 32.1 Å². The van der Waals surface area contributed by atoms with Crippen LogP contribution in [0.2, 0.25) is 0 Å². The van der Waals surface area contributed by atoms with Crippen LogP contribution in [0.25, 0.3) is 0 Å². The van der Waals surface area contributed by atoms with Crippen LogP contribution in [0.1, 0.15) is 31.2 Å². The van der Waals surface area contributed by atoms with Crippen LogP contribution in [0.15, 0.2) is 30.3 Å². The van der Waals surface area contributed by atoms with Crippen LogP contribution in [0.5, 0.6) is 0 Å². The number of rotatable bonds is 5. The summed E-state index contributed by atoms with van der Waals surface area (Å²) in [4.78, 5) is 22.1. The number of amides is 1. The van der Waals surface area contributed by atoms with Crippen LogP contribution in [-0.4, -0.2) is 23.9 Å². The first kappa shape index (κ1) is 15.4. The molecule has 1 aliphatic carbocycles. The van der Waals surface area contributed by atoms with Gasteiger partial charge in [0.1, 0.15) is 0 Å². The molecule has 0 radical (unpaired) electrons. The summed E-state index contributed by atoms with van der Waals surface area (Å²) in [5.41, 5.74) is 1.34. The van der Waals surface area contributed by atoms with Gasteiger partial charge in [0, 0.05) is 0 Å². The molecule has 1 aromatic rings. The molecule has 0 heterocycles. The molecule has 5 nitrogen and oxygen atoms in total. The van der Waals surface area contributed by atoms with E-state index in [1.165, 1.54) is 5.56 Å². The van der Waals surface area contributed by atoms with Crippen molar-refractivity contribution in [1.82, 2.24) is 5.32 Å². The van der Waals surface area contributed by atoms with Crippen LogP contribution in [0.4, 0.5) is 4.79 Å². The van der Waals surface area contributed by atoms with Crippen molar-refractivity contribution in [2.45, 2.75) is 32.1 Å². The molecular formula is C16H21NO4. The van der Waals surface area contributed by atoms with E-state index < -0.39 is 6.09 Å². The average Bonchev–Trinajstić information content (AvgIpc) is 2.48. The second kappa shape index (κ2) is 7.67. The van der Waals surface area contributed by atoms with E-state index >= 15 is 0 Å². The maximum absolute atomic E-state index is 11.8. The van der Waals surface area contributed by atoms with Gasteiger partial charge in [-0.25, -0.2) is 4.79 Å². The lowest BCUT2D eigenvalue weighted by molar-refractivity contribution is -0.150. The van der Waals surface area contributed by atoms with Gasteiger partial charge in [-0.2, -0.15) is 0 Å². The fourth-order valence-corrected chi connectivity index (χ4v) is 2.84. The third kappa shape index (κ3) is 5.10. The lowest BCUT2D eigenvalue weighted by atomic mass is 9.79. The monoisotopic (exact) mass is 291 g/mol. The van der Waals surface area contributed by atoms with Gasteiger partial charge in [-0.05, 0) is 43.6 Å². The van der Waals surface area contributed by atoms with Crippen molar-refractivity contribution in [2.75, 3.05) is 6.73 Å². The first-order chi connectivity index (χ1) is 10.1. The van der Waals surface area contributed by atoms with Gasteiger partial charge in [0.2, 0.25) is 0 Å². The molecule has 5 heteroatoms. The maximum atomic E-state index is 11.8. The molecule has 2 N–H and O–H groups in total. The molecule has 21 heavy (non-hydrogen) atoms. The number of carbonyl (C=O) groups excluding carboxylic acids is 1. The minimum atomic E-state index is -1.19. The fraction of sp³-hybridized carbons (Fsp3) is 0.500. The second-order valence-electron chi connectivity index (χ2n) is 5.50. The highest BCUT2D eigenvalue weighted by atomic mass is 16.5. The number of hydrogen-bond donors (Lipinski definition) is 2. The van der Waals surface area contributed by atoms with Gasteiger partial charge in [-0.1, -0.05) is 30.3 Å². The summed E-state index contributed by atoms with van der Waals surface area (Å²) >= 11 is 0. The second-order valence-corrected chi connectivity index (χ2v) is 5.50. The van der Waals surface area contributed by atoms with E-state index in [-0.39, 0.29) is 18.6 Å². The molecule has 0 saturated heterocycles. The van der Waals surface area contributed by atoms with E-state index in [4.69, 9.17) is 9.84 Å². The lowest BCUT2D eigenvalue weighted by Crippen LogP contribution is -2.30. The molecule has 0 unspecified atom stereocenters. The smallest absolute Gasteiger partial charge is 0.407 e. The van der Waals surface area contributed by atoms with E-state index in [1.807, 2.05) is 23.5 Å². The van der Waals surface area contributed by atoms with Gasteiger partial charge in [0.15, 0.2) is 6.73 Å². The molecule has 1 amide bonds. The van der Waals surface area contributed by atoms with E-state index in [1.54, 1.807) is 0 Å². The Bertz CT molecular complexity index is 466.